The van der Waals surface area contributed by atoms with Crippen LogP contribution in [0.4, 0.5) is 0 Å². The van der Waals surface area contributed by atoms with Gasteiger partial charge in [-0.1, -0.05) is 0 Å². The molecule has 1 fully saturated rings. The van der Waals surface area contributed by atoms with Gasteiger partial charge in [0.1, 0.15) is 0 Å². The lowest BCUT2D eigenvalue weighted by Gasteiger charge is -2.41. The second-order valence-corrected chi connectivity index (χ2v) is 5.58. The molecule has 1 aromatic heterocycles. The standard InChI is InChI=1S/C9H12BrNOS/c10-7-1-8(13-3-7)2-9(6-12)4-11-5-9/h1,3,11-12H,2,4-6H2. The lowest BCUT2D eigenvalue weighted by atomic mass is 9.79. The first-order chi connectivity index (χ1) is 6.24. The summed E-state index contributed by atoms with van der Waals surface area (Å²) in [5, 5.41) is 14.6. The van der Waals surface area contributed by atoms with Gasteiger partial charge in [0.15, 0.2) is 0 Å². The fourth-order valence-corrected chi connectivity index (χ4v) is 3.21. The normalized spacial score (nSPS) is 19.8. The van der Waals surface area contributed by atoms with E-state index in [1.807, 2.05) is 0 Å². The number of aliphatic hydroxyl groups is 1. The van der Waals surface area contributed by atoms with Crippen molar-refractivity contribution in [1.82, 2.24) is 5.32 Å². The van der Waals surface area contributed by atoms with E-state index in [0.29, 0.717) is 0 Å². The van der Waals surface area contributed by atoms with Gasteiger partial charge >= 0.3 is 0 Å². The molecule has 1 aromatic rings. The lowest BCUT2D eigenvalue weighted by Crippen LogP contribution is -2.56. The molecule has 1 aliphatic heterocycles. The Hall–Kier alpha value is 0.1000. The van der Waals surface area contributed by atoms with Gasteiger partial charge in [-0.05, 0) is 28.4 Å². The van der Waals surface area contributed by atoms with E-state index < -0.39 is 0 Å². The molecule has 0 aliphatic carbocycles. The average molecular weight is 262 g/mol. The van der Waals surface area contributed by atoms with E-state index >= 15 is 0 Å². The predicted octanol–water partition coefficient (Wildman–Crippen LogP) is 1.64. The number of halogens is 1. The molecule has 0 saturated carbocycles. The molecule has 0 amide bonds. The summed E-state index contributed by atoms with van der Waals surface area (Å²) in [6.45, 7) is 2.17. The molecular formula is C9H12BrNOS. The quantitative estimate of drug-likeness (QED) is 0.867. The zero-order valence-corrected chi connectivity index (χ0v) is 9.62. The molecule has 2 nitrogen and oxygen atoms in total. The number of hydrogen-bond acceptors (Lipinski definition) is 3. The fourth-order valence-electron chi connectivity index (χ4n) is 1.59. The smallest absolute Gasteiger partial charge is 0.0515 e. The van der Waals surface area contributed by atoms with Crippen LogP contribution in [-0.4, -0.2) is 24.8 Å². The Kier molecular flexibility index (Phi) is 2.74. The molecule has 0 spiro atoms. The molecular weight excluding hydrogens is 250 g/mol. The summed E-state index contributed by atoms with van der Waals surface area (Å²) in [6.07, 6.45) is 0.993. The number of nitrogens with one attached hydrogen (secondary N) is 1. The largest absolute Gasteiger partial charge is 0.396 e. The van der Waals surface area contributed by atoms with Crippen LogP contribution in [0.1, 0.15) is 4.88 Å². The van der Waals surface area contributed by atoms with Gasteiger partial charge in [0.25, 0.3) is 0 Å². The highest BCUT2D eigenvalue weighted by Gasteiger charge is 2.36. The fraction of sp³-hybridized carbons (Fsp3) is 0.556. The lowest BCUT2D eigenvalue weighted by molar-refractivity contribution is 0.0695. The Labute approximate surface area is 90.1 Å². The van der Waals surface area contributed by atoms with Crippen molar-refractivity contribution in [3.63, 3.8) is 0 Å². The molecule has 1 aliphatic rings. The predicted molar refractivity (Wildman–Crippen MR) is 58.1 cm³/mol. The van der Waals surface area contributed by atoms with Gasteiger partial charge in [-0.15, -0.1) is 11.3 Å². The van der Waals surface area contributed by atoms with Crippen LogP contribution in [0.25, 0.3) is 0 Å². The van der Waals surface area contributed by atoms with Gasteiger partial charge in [0, 0.05) is 33.2 Å². The number of thiophene rings is 1. The summed E-state index contributed by atoms with van der Waals surface area (Å²) in [5.41, 5.74) is 0.115. The summed E-state index contributed by atoms with van der Waals surface area (Å²) >= 11 is 5.19. The molecule has 2 rings (SSSR count). The maximum atomic E-state index is 9.26. The molecule has 0 aromatic carbocycles. The monoisotopic (exact) mass is 261 g/mol. The summed E-state index contributed by atoms with van der Waals surface area (Å²) < 4.78 is 1.15. The van der Waals surface area contributed by atoms with Crippen LogP contribution in [0.5, 0.6) is 0 Å². The Balaban J connectivity index is 2.04. The van der Waals surface area contributed by atoms with Crippen LogP contribution in [0.3, 0.4) is 0 Å². The van der Waals surface area contributed by atoms with Gasteiger partial charge in [-0.25, -0.2) is 0 Å². The zero-order valence-electron chi connectivity index (χ0n) is 7.22. The van der Waals surface area contributed by atoms with Gasteiger partial charge in [-0.2, -0.15) is 0 Å². The summed E-state index contributed by atoms with van der Waals surface area (Å²) in [6, 6.07) is 2.14. The number of aliphatic hydroxyl groups excluding tert-OH is 1. The SMILES string of the molecule is OCC1(Cc2cc(Br)cs2)CNC1. The van der Waals surface area contributed by atoms with Gasteiger partial charge in [-0.3, -0.25) is 0 Å². The minimum atomic E-state index is 0.115. The molecule has 0 atom stereocenters. The highest BCUT2D eigenvalue weighted by Crippen LogP contribution is 2.31. The van der Waals surface area contributed by atoms with Crippen molar-refractivity contribution in [2.75, 3.05) is 19.7 Å². The Morgan fingerprint density at radius 2 is 2.38 bits per heavy atom. The van der Waals surface area contributed by atoms with Gasteiger partial charge in [0.2, 0.25) is 0 Å². The molecule has 1 saturated heterocycles. The second-order valence-electron chi connectivity index (χ2n) is 3.67. The average Bonchev–Trinajstić information content (AvgIpc) is 2.44. The molecule has 72 valence electrons. The molecule has 0 bridgehead atoms. The number of hydrogen-bond donors (Lipinski definition) is 2. The van der Waals surface area contributed by atoms with Crippen LogP contribution in [0.2, 0.25) is 0 Å². The van der Waals surface area contributed by atoms with Crippen LogP contribution < -0.4 is 5.32 Å². The molecule has 0 radical (unpaired) electrons. The van der Waals surface area contributed by atoms with Crippen LogP contribution in [0, 0.1) is 5.41 Å². The van der Waals surface area contributed by atoms with Crippen molar-refractivity contribution in [3.8, 4) is 0 Å². The minimum Gasteiger partial charge on any atom is -0.396 e. The van der Waals surface area contributed by atoms with Crippen LogP contribution >= 0.6 is 27.3 Å². The Bertz CT molecular complexity index is 290. The van der Waals surface area contributed by atoms with Crippen LogP contribution in [-0.2, 0) is 6.42 Å². The Morgan fingerprint density at radius 3 is 2.77 bits per heavy atom. The molecule has 0 unspecified atom stereocenters. The third-order valence-corrected chi connectivity index (χ3v) is 4.20. The van der Waals surface area contributed by atoms with Crippen molar-refractivity contribution in [2.45, 2.75) is 6.42 Å². The summed E-state index contributed by atoms with van der Waals surface area (Å²) in [7, 11) is 0. The van der Waals surface area contributed by atoms with E-state index in [2.05, 4.69) is 32.7 Å². The maximum Gasteiger partial charge on any atom is 0.0515 e. The minimum absolute atomic E-state index is 0.115. The second kappa shape index (κ2) is 3.69. The summed E-state index contributed by atoms with van der Waals surface area (Å²) in [4.78, 5) is 1.35. The first-order valence-electron chi connectivity index (χ1n) is 4.29. The topological polar surface area (TPSA) is 32.3 Å². The number of rotatable bonds is 3. The molecule has 2 heterocycles. The van der Waals surface area contributed by atoms with Crippen LogP contribution in [0.15, 0.2) is 15.9 Å². The third-order valence-electron chi connectivity index (χ3n) is 2.51. The van der Waals surface area contributed by atoms with E-state index in [1.165, 1.54) is 4.88 Å². The van der Waals surface area contributed by atoms with Gasteiger partial charge < -0.3 is 10.4 Å². The molecule has 4 heteroatoms. The molecule has 2 N–H and O–H groups in total. The van der Waals surface area contributed by atoms with Crippen molar-refractivity contribution in [1.29, 1.82) is 0 Å². The Morgan fingerprint density at radius 1 is 1.62 bits per heavy atom. The molecule has 13 heavy (non-hydrogen) atoms. The van der Waals surface area contributed by atoms with E-state index in [-0.39, 0.29) is 12.0 Å². The first kappa shape index (κ1) is 9.65. The maximum absolute atomic E-state index is 9.26. The highest BCUT2D eigenvalue weighted by molar-refractivity contribution is 9.10. The first-order valence-corrected chi connectivity index (χ1v) is 5.96. The summed E-state index contributed by atoms with van der Waals surface area (Å²) in [5.74, 6) is 0. The van der Waals surface area contributed by atoms with E-state index in [4.69, 9.17) is 0 Å². The third kappa shape index (κ3) is 1.96. The van der Waals surface area contributed by atoms with Gasteiger partial charge in [0.05, 0.1) is 6.61 Å². The zero-order chi connectivity index (χ0) is 9.31. The van der Waals surface area contributed by atoms with Crippen molar-refractivity contribution in [3.05, 3.63) is 20.8 Å². The van der Waals surface area contributed by atoms with Crippen molar-refractivity contribution >= 4 is 27.3 Å². The van der Waals surface area contributed by atoms with E-state index in [1.54, 1.807) is 11.3 Å². The van der Waals surface area contributed by atoms with Crippen molar-refractivity contribution in [2.24, 2.45) is 5.41 Å². The van der Waals surface area contributed by atoms with Crippen molar-refractivity contribution < 1.29 is 5.11 Å². The highest BCUT2D eigenvalue weighted by atomic mass is 79.9. The van der Waals surface area contributed by atoms with E-state index in [9.17, 15) is 5.11 Å². The van der Waals surface area contributed by atoms with E-state index in [0.717, 1.165) is 24.0 Å².